The van der Waals surface area contributed by atoms with Gasteiger partial charge in [-0.1, -0.05) is 18.2 Å². The van der Waals surface area contributed by atoms with E-state index in [1.807, 2.05) is 6.07 Å². The van der Waals surface area contributed by atoms with Crippen LogP contribution in [0, 0.1) is 0 Å². The molecular formula is C28H27F5N2O4. The van der Waals surface area contributed by atoms with E-state index in [9.17, 15) is 26.7 Å². The molecule has 0 saturated carbocycles. The van der Waals surface area contributed by atoms with Crippen LogP contribution in [0.4, 0.5) is 33.3 Å². The lowest BCUT2D eigenvalue weighted by Crippen LogP contribution is -2.21. The molecule has 0 unspecified atom stereocenters. The van der Waals surface area contributed by atoms with Gasteiger partial charge in [-0.2, -0.15) is 22.0 Å². The van der Waals surface area contributed by atoms with Crippen molar-refractivity contribution in [2.75, 3.05) is 24.7 Å². The Bertz CT molecular complexity index is 1260. The number of anilines is 2. The van der Waals surface area contributed by atoms with Gasteiger partial charge in [-0.25, -0.2) is 4.79 Å². The molecule has 0 aliphatic rings. The SMILES string of the molecule is Nc1ccc(CCCOC(=O)/C=C/c2ccc(OC(F)(F)c3ccc(OCCC(F)(F)F)cc3)cc2)c(N)c1. The molecule has 0 spiro atoms. The highest BCUT2D eigenvalue weighted by Gasteiger charge is 2.34. The summed E-state index contributed by atoms with van der Waals surface area (Å²) >= 11 is 0. The average Bonchev–Trinajstić information content (AvgIpc) is 2.86. The first-order valence-electron chi connectivity index (χ1n) is 11.9. The Morgan fingerprint density at radius 3 is 2.15 bits per heavy atom. The van der Waals surface area contributed by atoms with E-state index in [0.29, 0.717) is 29.8 Å². The molecule has 208 valence electrons. The Morgan fingerprint density at radius 2 is 1.51 bits per heavy atom. The maximum Gasteiger partial charge on any atom is 0.426 e. The van der Waals surface area contributed by atoms with E-state index >= 15 is 0 Å². The highest BCUT2D eigenvalue weighted by atomic mass is 19.4. The molecule has 6 nitrogen and oxygen atoms in total. The Hall–Kier alpha value is -4.28. The minimum absolute atomic E-state index is 0.0277. The maximum atomic E-state index is 14.5. The molecule has 0 fully saturated rings. The standard InChI is InChI=1S/C28H27F5N2O4/c29-27(30,31)15-17-37-23-12-7-21(8-13-23)28(32,33)39-24-10-3-19(4-11-24)5-14-26(36)38-16-1-2-20-6-9-22(34)18-25(20)35/h3-14,18H,1-2,15-17,34-35H2/b14-5+. The quantitative estimate of drug-likeness (QED) is 0.0879. The fourth-order valence-electron chi connectivity index (χ4n) is 3.37. The van der Waals surface area contributed by atoms with Crippen LogP contribution in [-0.4, -0.2) is 25.4 Å². The summed E-state index contributed by atoms with van der Waals surface area (Å²) in [6.45, 7) is -0.427. The summed E-state index contributed by atoms with van der Waals surface area (Å²) in [6.07, 6.45) is -5.34. The van der Waals surface area contributed by atoms with Crippen molar-refractivity contribution in [3.8, 4) is 11.5 Å². The number of nitrogen functional groups attached to an aromatic ring is 2. The number of hydrogen-bond acceptors (Lipinski definition) is 6. The van der Waals surface area contributed by atoms with Crippen LogP contribution in [0.2, 0.25) is 0 Å². The number of alkyl halides is 5. The van der Waals surface area contributed by atoms with Gasteiger partial charge in [0.2, 0.25) is 0 Å². The third-order valence-corrected chi connectivity index (χ3v) is 5.39. The number of carbonyl (C=O) groups is 1. The Morgan fingerprint density at radius 1 is 0.846 bits per heavy atom. The second kappa shape index (κ2) is 13.0. The summed E-state index contributed by atoms with van der Waals surface area (Å²) < 4.78 is 80.5. The molecule has 0 aliphatic carbocycles. The number of esters is 1. The Labute approximate surface area is 222 Å². The van der Waals surface area contributed by atoms with Gasteiger partial charge >= 0.3 is 18.3 Å². The third kappa shape index (κ3) is 9.84. The van der Waals surface area contributed by atoms with Gasteiger partial charge in [-0.05, 0) is 78.6 Å². The highest BCUT2D eigenvalue weighted by molar-refractivity contribution is 5.87. The van der Waals surface area contributed by atoms with Gasteiger partial charge in [0.15, 0.2) is 0 Å². The molecule has 0 amide bonds. The second-order valence-corrected chi connectivity index (χ2v) is 8.49. The molecule has 0 bridgehead atoms. The van der Waals surface area contributed by atoms with Crippen LogP contribution in [-0.2, 0) is 22.1 Å². The number of ether oxygens (including phenoxy) is 3. The van der Waals surface area contributed by atoms with Crippen molar-refractivity contribution in [3.05, 3.63) is 89.5 Å². The zero-order chi connectivity index (χ0) is 28.5. The second-order valence-electron chi connectivity index (χ2n) is 8.49. The third-order valence-electron chi connectivity index (χ3n) is 5.39. The van der Waals surface area contributed by atoms with Crippen LogP contribution >= 0.6 is 0 Å². The van der Waals surface area contributed by atoms with Crippen LogP contribution in [0.1, 0.15) is 29.5 Å². The van der Waals surface area contributed by atoms with Crippen LogP contribution < -0.4 is 20.9 Å². The first-order valence-corrected chi connectivity index (χ1v) is 11.9. The molecule has 3 aromatic rings. The van der Waals surface area contributed by atoms with Crippen molar-refractivity contribution >= 4 is 23.4 Å². The average molecular weight is 551 g/mol. The van der Waals surface area contributed by atoms with Gasteiger partial charge in [-0.3, -0.25) is 0 Å². The van der Waals surface area contributed by atoms with Crippen LogP contribution in [0.5, 0.6) is 11.5 Å². The first kappa shape index (κ1) is 29.3. The molecule has 11 heteroatoms. The van der Waals surface area contributed by atoms with Gasteiger partial charge in [0, 0.05) is 17.5 Å². The van der Waals surface area contributed by atoms with Crippen molar-refractivity contribution in [2.24, 2.45) is 0 Å². The van der Waals surface area contributed by atoms with Gasteiger partial charge in [0.1, 0.15) is 11.5 Å². The number of carbonyl (C=O) groups excluding carboxylic acids is 1. The van der Waals surface area contributed by atoms with Gasteiger partial charge in [0.25, 0.3) is 0 Å². The van der Waals surface area contributed by atoms with Crippen LogP contribution in [0.3, 0.4) is 0 Å². The molecular weight excluding hydrogens is 523 g/mol. The summed E-state index contributed by atoms with van der Waals surface area (Å²) in [7, 11) is 0. The first-order chi connectivity index (χ1) is 18.4. The number of halogens is 5. The van der Waals surface area contributed by atoms with Gasteiger partial charge in [-0.15, -0.1) is 0 Å². The fourth-order valence-corrected chi connectivity index (χ4v) is 3.37. The predicted molar refractivity (Wildman–Crippen MR) is 137 cm³/mol. The monoisotopic (exact) mass is 550 g/mol. The minimum Gasteiger partial charge on any atom is -0.493 e. The smallest absolute Gasteiger partial charge is 0.426 e. The zero-order valence-corrected chi connectivity index (χ0v) is 20.7. The molecule has 4 N–H and O–H groups in total. The highest BCUT2D eigenvalue weighted by Crippen LogP contribution is 2.33. The van der Waals surface area contributed by atoms with Crippen molar-refractivity contribution in [3.63, 3.8) is 0 Å². The van der Waals surface area contributed by atoms with E-state index < -0.39 is 36.8 Å². The maximum absolute atomic E-state index is 14.5. The summed E-state index contributed by atoms with van der Waals surface area (Å²) in [5, 5.41) is 0. The fraction of sp³-hybridized carbons (Fsp3) is 0.250. The molecule has 3 aromatic carbocycles. The van der Waals surface area contributed by atoms with E-state index in [4.69, 9.17) is 25.7 Å². The lowest BCUT2D eigenvalue weighted by Gasteiger charge is -2.18. The minimum atomic E-state index is -4.37. The summed E-state index contributed by atoms with van der Waals surface area (Å²) in [4.78, 5) is 11.9. The summed E-state index contributed by atoms with van der Waals surface area (Å²) in [5.41, 5.74) is 13.7. The Balaban J connectivity index is 1.44. The molecule has 0 radical (unpaired) electrons. The van der Waals surface area contributed by atoms with Crippen LogP contribution in [0.15, 0.2) is 72.8 Å². The number of benzene rings is 3. The predicted octanol–water partition coefficient (Wildman–Crippen LogP) is 6.50. The van der Waals surface area contributed by atoms with Gasteiger partial charge in [0.05, 0.1) is 25.2 Å². The Kier molecular flexibility index (Phi) is 9.75. The van der Waals surface area contributed by atoms with Gasteiger partial charge < -0.3 is 25.7 Å². The van der Waals surface area contributed by atoms with Crippen molar-refractivity contribution in [1.82, 2.24) is 0 Å². The van der Waals surface area contributed by atoms with Crippen LogP contribution in [0.25, 0.3) is 6.08 Å². The van der Waals surface area contributed by atoms with E-state index in [2.05, 4.69) is 0 Å². The zero-order valence-electron chi connectivity index (χ0n) is 20.7. The number of hydrogen-bond donors (Lipinski definition) is 2. The van der Waals surface area contributed by atoms with E-state index in [1.54, 1.807) is 12.1 Å². The summed E-state index contributed by atoms with van der Waals surface area (Å²) in [5.74, 6) is -0.662. The van der Waals surface area contributed by atoms with E-state index in [0.717, 1.165) is 29.8 Å². The van der Waals surface area contributed by atoms with E-state index in [-0.39, 0.29) is 18.1 Å². The van der Waals surface area contributed by atoms with Crippen molar-refractivity contribution in [1.29, 1.82) is 0 Å². The molecule has 0 atom stereocenters. The molecule has 0 saturated heterocycles. The normalized spacial score (nSPS) is 11.9. The van der Waals surface area contributed by atoms with Crippen molar-refractivity contribution < 1.29 is 41.0 Å². The molecule has 39 heavy (non-hydrogen) atoms. The molecule has 0 aliphatic heterocycles. The molecule has 0 aromatic heterocycles. The number of rotatable bonds is 12. The van der Waals surface area contributed by atoms with E-state index in [1.165, 1.54) is 36.4 Å². The number of aryl methyl sites for hydroxylation is 1. The molecule has 0 heterocycles. The summed E-state index contributed by atoms with van der Waals surface area (Å²) in [6, 6.07) is 15.1. The lowest BCUT2D eigenvalue weighted by atomic mass is 10.1. The number of nitrogens with two attached hydrogens (primary N) is 2. The van der Waals surface area contributed by atoms with Crippen molar-refractivity contribution in [2.45, 2.75) is 31.5 Å². The molecule has 3 rings (SSSR count). The largest absolute Gasteiger partial charge is 0.493 e. The topological polar surface area (TPSA) is 96.8 Å². The lowest BCUT2D eigenvalue weighted by molar-refractivity contribution is -0.185.